The lowest BCUT2D eigenvalue weighted by Gasteiger charge is -2.26. The summed E-state index contributed by atoms with van der Waals surface area (Å²) >= 11 is 0. The molecular formula is C31H34N8O3. The van der Waals surface area contributed by atoms with Crippen molar-refractivity contribution < 1.29 is 14.7 Å². The van der Waals surface area contributed by atoms with Crippen molar-refractivity contribution in [2.24, 2.45) is 5.41 Å². The van der Waals surface area contributed by atoms with Crippen LogP contribution in [0.15, 0.2) is 54.9 Å². The Hall–Kier alpha value is -4.54. The molecule has 0 bridgehead atoms. The predicted octanol–water partition coefficient (Wildman–Crippen LogP) is 3.44. The maximum absolute atomic E-state index is 13.6. The number of hydrogen-bond donors (Lipinski definition) is 1. The van der Waals surface area contributed by atoms with Crippen molar-refractivity contribution in [1.29, 1.82) is 0 Å². The van der Waals surface area contributed by atoms with Gasteiger partial charge in [-0.2, -0.15) is 0 Å². The highest BCUT2D eigenvalue weighted by molar-refractivity contribution is 5.91. The summed E-state index contributed by atoms with van der Waals surface area (Å²) in [6.45, 7) is 8.86. The molecule has 1 amide bonds. The van der Waals surface area contributed by atoms with Crippen LogP contribution in [0.1, 0.15) is 58.4 Å². The van der Waals surface area contributed by atoms with Gasteiger partial charge in [0.05, 0.1) is 11.9 Å². The molecule has 216 valence electrons. The molecule has 1 N–H and O–H groups in total. The summed E-state index contributed by atoms with van der Waals surface area (Å²) in [4.78, 5) is 44.4. The lowest BCUT2D eigenvalue weighted by molar-refractivity contribution is 0.0689. The number of amides is 1. The molecule has 11 heteroatoms. The molecule has 0 saturated carbocycles. The average molecular weight is 567 g/mol. The number of carboxylic acids is 1. The van der Waals surface area contributed by atoms with Crippen LogP contribution in [0.3, 0.4) is 0 Å². The summed E-state index contributed by atoms with van der Waals surface area (Å²) in [6.07, 6.45) is 6.29. The maximum Gasteiger partial charge on any atom is 0.354 e. The Bertz CT molecular complexity index is 1690. The second-order valence-corrected chi connectivity index (χ2v) is 12.4. The van der Waals surface area contributed by atoms with E-state index in [1.807, 2.05) is 22.9 Å². The van der Waals surface area contributed by atoms with Crippen LogP contribution in [-0.2, 0) is 5.41 Å². The third-order valence-corrected chi connectivity index (χ3v) is 9.41. The summed E-state index contributed by atoms with van der Waals surface area (Å²) < 4.78 is 1.76. The van der Waals surface area contributed by atoms with E-state index in [2.05, 4.69) is 68.3 Å². The minimum absolute atomic E-state index is 0.0181. The number of hydrogen-bond acceptors (Lipinski definition) is 8. The fraction of sp³-hybridized carbons (Fsp3) is 0.419. The normalized spacial score (nSPS) is 23.9. The number of pyridine rings is 1. The van der Waals surface area contributed by atoms with Gasteiger partial charge in [-0.25, -0.2) is 24.3 Å². The summed E-state index contributed by atoms with van der Waals surface area (Å²) in [6, 6.07) is 14.2. The van der Waals surface area contributed by atoms with E-state index in [1.54, 1.807) is 4.52 Å². The quantitative estimate of drug-likeness (QED) is 0.387. The van der Waals surface area contributed by atoms with Gasteiger partial charge in [-0.05, 0) is 49.4 Å². The molecule has 3 aromatic heterocycles. The Balaban J connectivity index is 1.06. The van der Waals surface area contributed by atoms with Crippen molar-refractivity contribution in [3.05, 3.63) is 77.5 Å². The van der Waals surface area contributed by atoms with Crippen molar-refractivity contribution in [1.82, 2.24) is 29.5 Å². The first kappa shape index (κ1) is 26.4. The number of likely N-dealkylation sites (tertiary alicyclic amines) is 1. The Kier molecular flexibility index (Phi) is 6.14. The molecule has 7 rings (SSSR count). The van der Waals surface area contributed by atoms with Gasteiger partial charge >= 0.3 is 5.97 Å². The lowest BCUT2D eigenvalue weighted by Crippen LogP contribution is -2.34. The van der Waals surface area contributed by atoms with Crippen LogP contribution in [0.4, 0.5) is 11.6 Å². The molecule has 1 aromatic carbocycles. The number of nitrogens with zero attached hydrogens (tertiary/aromatic N) is 8. The summed E-state index contributed by atoms with van der Waals surface area (Å²) in [5.74, 6) is -0.586. The number of rotatable bonds is 5. The molecule has 1 unspecified atom stereocenters. The molecule has 0 aliphatic carbocycles. The fourth-order valence-corrected chi connectivity index (χ4v) is 6.96. The van der Waals surface area contributed by atoms with Crippen LogP contribution < -0.4 is 9.80 Å². The number of aryl methyl sites for hydroxylation is 1. The zero-order chi connectivity index (χ0) is 29.1. The first-order chi connectivity index (χ1) is 20.2. The first-order valence-electron chi connectivity index (χ1n) is 14.5. The van der Waals surface area contributed by atoms with E-state index in [1.165, 1.54) is 17.8 Å². The van der Waals surface area contributed by atoms with E-state index in [0.29, 0.717) is 31.2 Å². The SMILES string of the molecule is Cc1cc(N2CC[C@](C)(c3ccccc3)C2)cn2nc(C(=O)N3CCC4(CCN(c5nccc(C(=O)O)n5)C4)C3)nc12. The van der Waals surface area contributed by atoms with Gasteiger partial charge in [-0.1, -0.05) is 37.3 Å². The second kappa shape index (κ2) is 9.78. The number of anilines is 2. The fourth-order valence-electron chi connectivity index (χ4n) is 6.96. The molecule has 3 aliphatic heterocycles. The number of benzene rings is 1. The molecule has 3 saturated heterocycles. The van der Waals surface area contributed by atoms with Crippen LogP contribution in [0, 0.1) is 12.3 Å². The minimum Gasteiger partial charge on any atom is -0.477 e. The van der Waals surface area contributed by atoms with Crippen molar-refractivity contribution in [3.63, 3.8) is 0 Å². The molecule has 4 aromatic rings. The van der Waals surface area contributed by atoms with Gasteiger partial charge in [0, 0.05) is 56.3 Å². The van der Waals surface area contributed by atoms with Crippen LogP contribution in [0.25, 0.3) is 5.65 Å². The summed E-state index contributed by atoms with van der Waals surface area (Å²) in [7, 11) is 0. The van der Waals surface area contributed by atoms with Crippen LogP contribution >= 0.6 is 0 Å². The van der Waals surface area contributed by atoms with E-state index in [0.717, 1.165) is 50.1 Å². The molecule has 3 fully saturated rings. The van der Waals surface area contributed by atoms with Gasteiger partial charge in [0.2, 0.25) is 11.8 Å². The number of aromatic nitrogens is 5. The van der Waals surface area contributed by atoms with Crippen LogP contribution in [0.2, 0.25) is 0 Å². The van der Waals surface area contributed by atoms with Crippen molar-refractivity contribution in [3.8, 4) is 0 Å². The van der Waals surface area contributed by atoms with E-state index in [-0.39, 0.29) is 28.3 Å². The third-order valence-electron chi connectivity index (χ3n) is 9.41. The summed E-state index contributed by atoms with van der Waals surface area (Å²) in [5.41, 5.74) is 4.11. The molecule has 42 heavy (non-hydrogen) atoms. The van der Waals surface area contributed by atoms with Crippen LogP contribution in [-0.4, -0.2) is 85.7 Å². The highest BCUT2D eigenvalue weighted by Gasteiger charge is 2.46. The maximum atomic E-state index is 13.6. The third kappa shape index (κ3) is 4.53. The Labute approximate surface area is 243 Å². The largest absolute Gasteiger partial charge is 0.477 e. The molecule has 11 nitrogen and oxygen atoms in total. The van der Waals surface area contributed by atoms with E-state index < -0.39 is 5.97 Å². The van der Waals surface area contributed by atoms with Gasteiger partial charge in [0.15, 0.2) is 11.3 Å². The Morgan fingerprint density at radius 3 is 2.52 bits per heavy atom. The van der Waals surface area contributed by atoms with Crippen molar-refractivity contribution >= 4 is 29.2 Å². The summed E-state index contributed by atoms with van der Waals surface area (Å²) in [5, 5.41) is 13.9. The monoisotopic (exact) mass is 566 g/mol. The zero-order valence-electron chi connectivity index (χ0n) is 23.9. The first-order valence-corrected chi connectivity index (χ1v) is 14.5. The van der Waals surface area contributed by atoms with E-state index >= 15 is 0 Å². The van der Waals surface area contributed by atoms with Crippen molar-refractivity contribution in [2.45, 2.75) is 38.5 Å². The Morgan fingerprint density at radius 1 is 0.929 bits per heavy atom. The van der Waals surface area contributed by atoms with Gasteiger partial charge in [-0.15, -0.1) is 5.10 Å². The lowest BCUT2D eigenvalue weighted by atomic mass is 9.82. The molecule has 6 heterocycles. The van der Waals surface area contributed by atoms with Gasteiger partial charge in [0.1, 0.15) is 0 Å². The zero-order valence-corrected chi connectivity index (χ0v) is 23.9. The smallest absolute Gasteiger partial charge is 0.354 e. The van der Waals surface area contributed by atoms with Gasteiger partial charge in [-0.3, -0.25) is 4.79 Å². The molecule has 3 aliphatic rings. The standard InChI is InChI=1S/C31H34N8O3/c1-21-16-23(36-13-9-30(2,18-36)22-6-4-3-5-7-22)17-39-26(21)34-25(35-39)27(40)37-14-10-31(19-37)11-15-38(20-31)29-32-12-8-24(33-29)28(41)42/h3-8,12,16-17H,9-11,13-15,18-20H2,1-2H3,(H,41,42)/t30-,31?/m0/s1. The molecular weight excluding hydrogens is 532 g/mol. The van der Waals surface area contributed by atoms with Gasteiger partial charge < -0.3 is 19.8 Å². The number of fused-ring (bicyclic) bond motifs is 1. The Morgan fingerprint density at radius 2 is 1.71 bits per heavy atom. The van der Waals surface area contributed by atoms with E-state index in [9.17, 15) is 14.7 Å². The van der Waals surface area contributed by atoms with Gasteiger partial charge in [0.25, 0.3) is 5.91 Å². The molecule has 0 radical (unpaired) electrons. The molecule has 1 spiro atoms. The average Bonchev–Trinajstić information content (AvgIpc) is 3.80. The van der Waals surface area contributed by atoms with Crippen LogP contribution in [0.5, 0.6) is 0 Å². The predicted molar refractivity (Wildman–Crippen MR) is 157 cm³/mol. The number of carbonyl (C=O) groups excluding carboxylic acids is 1. The van der Waals surface area contributed by atoms with Crippen molar-refractivity contribution in [2.75, 3.05) is 49.1 Å². The highest BCUT2D eigenvalue weighted by atomic mass is 16.4. The number of carbonyl (C=O) groups is 2. The van der Waals surface area contributed by atoms with E-state index in [4.69, 9.17) is 0 Å². The number of carboxylic acid groups (broad SMARTS) is 1. The topological polar surface area (TPSA) is 120 Å². The highest BCUT2D eigenvalue weighted by Crippen LogP contribution is 2.41. The number of aromatic carboxylic acids is 1. The molecule has 2 atom stereocenters. The minimum atomic E-state index is -1.07. The second-order valence-electron chi connectivity index (χ2n) is 12.4.